The van der Waals surface area contributed by atoms with Gasteiger partial charge in [0.1, 0.15) is 5.82 Å². The normalized spacial score (nSPS) is 15.5. The minimum Gasteiger partial charge on any atom is -0.356 e. The van der Waals surface area contributed by atoms with E-state index in [4.69, 9.17) is 0 Å². The molecule has 5 nitrogen and oxygen atoms in total. The number of aryl methyl sites for hydroxylation is 1. The number of rotatable bonds is 4. The Kier molecular flexibility index (Phi) is 4.95. The number of hydrogen-bond acceptors (Lipinski definition) is 4. The van der Waals surface area contributed by atoms with E-state index in [1.165, 1.54) is 19.3 Å². The molecule has 1 fully saturated rings. The summed E-state index contributed by atoms with van der Waals surface area (Å²) in [5.41, 5.74) is 1.89. The summed E-state index contributed by atoms with van der Waals surface area (Å²) in [6.45, 7) is 4.60. The Balaban J connectivity index is 2.03. The molecule has 2 rings (SSSR count). The summed E-state index contributed by atoms with van der Waals surface area (Å²) in [4.78, 5) is 20.4. The molecule has 1 aliphatic heterocycles. The molecule has 2 heterocycles. The van der Waals surface area contributed by atoms with Gasteiger partial charge in [-0.1, -0.05) is 0 Å². The van der Waals surface area contributed by atoms with Crippen LogP contribution in [0.25, 0.3) is 0 Å². The van der Waals surface area contributed by atoms with Crippen LogP contribution in [0.3, 0.4) is 0 Å². The van der Waals surface area contributed by atoms with Gasteiger partial charge in [0.05, 0.1) is 18.4 Å². The molecule has 1 saturated heterocycles. The lowest BCUT2D eigenvalue weighted by atomic mass is 10.1. The molecule has 5 heteroatoms. The molecular weight excluding hydrogens is 252 g/mol. The van der Waals surface area contributed by atoms with Gasteiger partial charge in [-0.05, 0) is 51.9 Å². The van der Waals surface area contributed by atoms with Crippen molar-refractivity contribution >= 4 is 17.4 Å². The number of nitrogens with one attached hydrogen (secondary N) is 1. The maximum absolute atomic E-state index is 11.7. The molecule has 0 atom stereocenters. The minimum atomic E-state index is -0.0121. The maximum Gasteiger partial charge on any atom is 0.238 e. The topological polar surface area (TPSA) is 48.5 Å². The second kappa shape index (κ2) is 6.70. The molecule has 0 spiro atoms. The summed E-state index contributed by atoms with van der Waals surface area (Å²) in [5.74, 6) is 1.04. The number of hydrogen-bond donors (Lipinski definition) is 1. The Labute approximate surface area is 121 Å². The van der Waals surface area contributed by atoms with E-state index in [1.54, 1.807) is 6.20 Å². The molecule has 0 aromatic carbocycles. The molecule has 1 aromatic rings. The second-order valence-corrected chi connectivity index (χ2v) is 5.70. The largest absolute Gasteiger partial charge is 0.356 e. The van der Waals surface area contributed by atoms with Gasteiger partial charge in [0.2, 0.25) is 5.91 Å². The van der Waals surface area contributed by atoms with Crippen molar-refractivity contribution < 1.29 is 4.79 Å². The van der Waals surface area contributed by atoms with Crippen molar-refractivity contribution in [2.75, 3.05) is 43.9 Å². The maximum atomic E-state index is 11.7. The number of carbonyl (C=O) groups is 1. The number of pyridine rings is 1. The second-order valence-electron chi connectivity index (χ2n) is 5.70. The number of carbonyl (C=O) groups excluding carboxylic acids is 1. The van der Waals surface area contributed by atoms with Crippen molar-refractivity contribution in [1.29, 1.82) is 0 Å². The molecule has 1 N–H and O–H groups in total. The fourth-order valence-corrected chi connectivity index (χ4v) is 2.56. The molecule has 1 aromatic heterocycles. The highest BCUT2D eigenvalue weighted by molar-refractivity contribution is 5.92. The van der Waals surface area contributed by atoms with E-state index in [-0.39, 0.29) is 5.91 Å². The molecule has 1 aliphatic rings. The number of nitrogens with zero attached hydrogens (tertiary/aromatic N) is 3. The van der Waals surface area contributed by atoms with E-state index in [2.05, 4.69) is 22.1 Å². The highest BCUT2D eigenvalue weighted by Gasteiger charge is 2.14. The van der Waals surface area contributed by atoms with Gasteiger partial charge in [0.25, 0.3) is 0 Å². The van der Waals surface area contributed by atoms with Crippen molar-refractivity contribution in [3.05, 3.63) is 17.8 Å². The molecule has 20 heavy (non-hydrogen) atoms. The van der Waals surface area contributed by atoms with Gasteiger partial charge in [-0.3, -0.25) is 4.79 Å². The quantitative estimate of drug-likeness (QED) is 0.912. The van der Waals surface area contributed by atoms with Crippen molar-refractivity contribution in [3.63, 3.8) is 0 Å². The predicted molar refractivity (Wildman–Crippen MR) is 82.2 cm³/mol. The van der Waals surface area contributed by atoms with E-state index < -0.39 is 0 Å². The van der Waals surface area contributed by atoms with Crippen LogP contribution in [0.4, 0.5) is 11.5 Å². The zero-order valence-electron chi connectivity index (χ0n) is 12.6. The fourth-order valence-electron chi connectivity index (χ4n) is 2.56. The SMILES string of the molecule is Cc1cc(NC(=O)CN(C)C)cnc1N1CCCCC1. The molecule has 0 bridgehead atoms. The molecular formula is C15H24N4O. The third kappa shape index (κ3) is 3.93. The van der Waals surface area contributed by atoms with Crippen LogP contribution in [0.1, 0.15) is 24.8 Å². The number of anilines is 2. The van der Waals surface area contributed by atoms with E-state index in [0.717, 1.165) is 30.2 Å². The Bertz CT molecular complexity index is 467. The van der Waals surface area contributed by atoms with Crippen molar-refractivity contribution in [2.45, 2.75) is 26.2 Å². The van der Waals surface area contributed by atoms with Gasteiger partial charge < -0.3 is 15.1 Å². The first kappa shape index (κ1) is 14.8. The summed E-state index contributed by atoms with van der Waals surface area (Å²) in [6, 6.07) is 2.00. The van der Waals surface area contributed by atoms with Crippen LogP contribution >= 0.6 is 0 Å². The lowest BCUT2D eigenvalue weighted by molar-refractivity contribution is -0.116. The van der Waals surface area contributed by atoms with Gasteiger partial charge in [0.15, 0.2) is 0 Å². The van der Waals surface area contributed by atoms with Gasteiger partial charge in [0, 0.05) is 13.1 Å². The first-order valence-electron chi connectivity index (χ1n) is 7.22. The van der Waals surface area contributed by atoms with Gasteiger partial charge in [-0.15, -0.1) is 0 Å². The molecule has 0 radical (unpaired) electrons. The van der Waals surface area contributed by atoms with Crippen LogP contribution in [0.2, 0.25) is 0 Å². The zero-order valence-corrected chi connectivity index (χ0v) is 12.6. The Hall–Kier alpha value is -1.62. The van der Waals surface area contributed by atoms with Gasteiger partial charge in [-0.2, -0.15) is 0 Å². The van der Waals surface area contributed by atoms with Gasteiger partial charge in [-0.25, -0.2) is 4.98 Å². The monoisotopic (exact) mass is 276 g/mol. The third-order valence-corrected chi connectivity index (χ3v) is 3.45. The number of likely N-dealkylation sites (N-methyl/N-ethyl adjacent to an activating group) is 1. The summed E-state index contributed by atoms with van der Waals surface area (Å²) in [6.07, 6.45) is 5.55. The zero-order chi connectivity index (χ0) is 14.5. The molecule has 110 valence electrons. The summed E-state index contributed by atoms with van der Waals surface area (Å²) < 4.78 is 0. The standard InChI is InChI=1S/C15H24N4O/c1-12-9-13(17-14(20)11-18(2)3)10-16-15(12)19-7-5-4-6-8-19/h9-10H,4-8,11H2,1-3H3,(H,17,20). The predicted octanol–water partition coefficient (Wildman–Crippen LogP) is 1.88. The Morgan fingerprint density at radius 1 is 1.35 bits per heavy atom. The summed E-state index contributed by atoms with van der Waals surface area (Å²) in [5, 5.41) is 2.88. The molecule has 0 saturated carbocycles. The Morgan fingerprint density at radius 2 is 2.05 bits per heavy atom. The highest BCUT2D eigenvalue weighted by Crippen LogP contribution is 2.23. The van der Waals surface area contributed by atoms with Crippen molar-refractivity contribution in [3.8, 4) is 0 Å². The third-order valence-electron chi connectivity index (χ3n) is 3.45. The lowest BCUT2D eigenvalue weighted by Crippen LogP contribution is -2.31. The van der Waals surface area contributed by atoms with Crippen LogP contribution in [0.5, 0.6) is 0 Å². The average molecular weight is 276 g/mol. The summed E-state index contributed by atoms with van der Waals surface area (Å²) in [7, 11) is 3.76. The van der Waals surface area contributed by atoms with Gasteiger partial charge >= 0.3 is 0 Å². The van der Waals surface area contributed by atoms with Crippen molar-refractivity contribution in [2.24, 2.45) is 0 Å². The number of amides is 1. The number of aromatic nitrogens is 1. The van der Waals surface area contributed by atoms with Crippen molar-refractivity contribution in [1.82, 2.24) is 9.88 Å². The first-order valence-corrected chi connectivity index (χ1v) is 7.22. The van der Waals surface area contributed by atoms with E-state index in [9.17, 15) is 4.79 Å². The Morgan fingerprint density at radius 3 is 2.65 bits per heavy atom. The summed E-state index contributed by atoms with van der Waals surface area (Å²) >= 11 is 0. The molecule has 1 amide bonds. The first-order chi connectivity index (χ1) is 9.56. The van der Waals surface area contributed by atoms with E-state index in [0.29, 0.717) is 6.54 Å². The van der Waals surface area contributed by atoms with Crippen LogP contribution in [-0.4, -0.2) is 49.5 Å². The minimum absolute atomic E-state index is 0.0121. The van der Waals surface area contributed by atoms with Crippen LogP contribution in [0, 0.1) is 6.92 Å². The smallest absolute Gasteiger partial charge is 0.238 e. The lowest BCUT2D eigenvalue weighted by Gasteiger charge is -2.29. The highest BCUT2D eigenvalue weighted by atomic mass is 16.2. The molecule has 0 aliphatic carbocycles. The average Bonchev–Trinajstić information content (AvgIpc) is 2.38. The van der Waals surface area contributed by atoms with E-state index in [1.807, 2.05) is 25.1 Å². The number of piperidine rings is 1. The van der Waals surface area contributed by atoms with Crippen LogP contribution < -0.4 is 10.2 Å². The van der Waals surface area contributed by atoms with Crippen LogP contribution in [0.15, 0.2) is 12.3 Å². The molecule has 0 unspecified atom stereocenters. The van der Waals surface area contributed by atoms with E-state index >= 15 is 0 Å². The fraction of sp³-hybridized carbons (Fsp3) is 0.600. The van der Waals surface area contributed by atoms with Crippen LogP contribution in [-0.2, 0) is 4.79 Å².